The van der Waals surface area contributed by atoms with Crippen LogP contribution in [-0.4, -0.2) is 21.4 Å². The molecule has 0 aromatic heterocycles. The molecule has 0 saturated heterocycles. The zero-order valence-corrected chi connectivity index (χ0v) is 25.4. The van der Waals surface area contributed by atoms with Crippen molar-refractivity contribution in [2.75, 3.05) is 0 Å². The van der Waals surface area contributed by atoms with Crippen LogP contribution in [0.15, 0.2) is 82.6 Å². The van der Waals surface area contributed by atoms with E-state index < -0.39 is 25.1 Å². The normalized spacial score (nSPS) is 12.5. The Kier molecular flexibility index (Phi) is 6.70. The van der Waals surface area contributed by atoms with Crippen LogP contribution in [0.2, 0.25) is 0 Å². The van der Waals surface area contributed by atoms with Crippen molar-refractivity contribution in [3.05, 3.63) is 83.5 Å². The van der Waals surface area contributed by atoms with Crippen molar-refractivity contribution in [1.29, 1.82) is 0 Å². The van der Waals surface area contributed by atoms with Gasteiger partial charge in [0.25, 0.3) is 0 Å². The number of fused-ring (bicyclic) bond motifs is 3. The van der Waals surface area contributed by atoms with Gasteiger partial charge >= 0.3 is 10.1 Å². The van der Waals surface area contributed by atoms with Gasteiger partial charge < -0.3 is 8.74 Å². The lowest BCUT2D eigenvalue weighted by molar-refractivity contribution is 0.465. The average molecular weight is 841 g/mol. The highest BCUT2D eigenvalue weighted by Crippen LogP contribution is 2.43. The van der Waals surface area contributed by atoms with Crippen LogP contribution in [0.5, 0.6) is 5.75 Å². The summed E-state index contributed by atoms with van der Waals surface area (Å²) in [6.07, 6.45) is 0. The van der Waals surface area contributed by atoms with Gasteiger partial charge in [-0.25, -0.2) is 8.42 Å². The van der Waals surface area contributed by atoms with Crippen LogP contribution in [-0.2, 0) is 20.2 Å². The van der Waals surface area contributed by atoms with E-state index in [1.165, 1.54) is 12.1 Å². The van der Waals surface area contributed by atoms with Crippen molar-refractivity contribution in [2.24, 2.45) is 0 Å². The van der Waals surface area contributed by atoms with E-state index in [1.54, 1.807) is 36.4 Å². The smallest absolute Gasteiger partial charge is 0.341 e. The molecule has 11 heteroatoms. The first-order valence-corrected chi connectivity index (χ1v) is 16.0. The summed E-state index contributed by atoms with van der Waals surface area (Å²) in [4.78, 5) is -0.367. The Labute approximate surface area is 242 Å². The maximum absolute atomic E-state index is 13.8. The molecule has 6 nitrogen and oxygen atoms in total. The molecule has 35 heavy (non-hydrogen) atoms. The van der Waals surface area contributed by atoms with Gasteiger partial charge in [0.15, 0.2) is 5.75 Å². The second-order valence-electron chi connectivity index (χ2n) is 7.56. The fourth-order valence-corrected chi connectivity index (χ4v) is 10.5. The molecule has 0 aliphatic heterocycles. The molecule has 0 amide bonds. The third-order valence-corrected chi connectivity index (χ3v) is 12.8. The van der Waals surface area contributed by atoms with Crippen molar-refractivity contribution >= 4 is 120 Å². The van der Waals surface area contributed by atoms with Gasteiger partial charge in [0, 0.05) is 28.7 Å². The standard InChI is InChI=1S/C24H13I3O6S2/c25-19-13-7-1-2-8-14(13)20(26)24(21(19)27)35(31,32)33-22-15-9-3-5-11-17(15)23(34(28,29)30)18-12-6-4-10-16(18)22/h1-12H,(H,28,29,30)/p-1. The summed E-state index contributed by atoms with van der Waals surface area (Å²) < 4.78 is 71.9. The summed E-state index contributed by atoms with van der Waals surface area (Å²) in [6.45, 7) is 0. The fourth-order valence-electron chi connectivity index (χ4n) is 4.08. The molecule has 0 aliphatic carbocycles. The van der Waals surface area contributed by atoms with Crippen LogP contribution in [0.1, 0.15) is 0 Å². The minimum absolute atomic E-state index is 0.0293. The predicted octanol–water partition coefficient (Wildman–Crippen LogP) is 6.63. The SMILES string of the molecule is O=S(=O)([O-])c1c2ccccc2c(OS(=O)(=O)c2c(I)c(I)c3ccccc3c2I)c2ccccc12. The summed E-state index contributed by atoms with van der Waals surface area (Å²) in [5.74, 6) is -0.0293. The molecule has 5 aromatic carbocycles. The molecular weight excluding hydrogens is 829 g/mol. The fraction of sp³-hybridized carbons (Fsp3) is 0. The van der Waals surface area contributed by atoms with E-state index in [0.29, 0.717) is 7.14 Å². The number of halogens is 3. The van der Waals surface area contributed by atoms with E-state index in [0.717, 1.165) is 14.3 Å². The van der Waals surface area contributed by atoms with E-state index >= 15 is 0 Å². The maximum Gasteiger partial charge on any atom is 0.341 e. The number of hydrogen-bond acceptors (Lipinski definition) is 6. The minimum Gasteiger partial charge on any atom is -0.744 e. The monoisotopic (exact) mass is 841 g/mol. The van der Waals surface area contributed by atoms with E-state index in [1.807, 2.05) is 69.4 Å². The Bertz CT molecular complexity index is 1850. The molecule has 5 rings (SSSR count). The van der Waals surface area contributed by atoms with Crippen LogP contribution in [0.25, 0.3) is 32.3 Å². The van der Waals surface area contributed by atoms with Crippen molar-refractivity contribution in [3.63, 3.8) is 0 Å². The molecule has 0 bridgehead atoms. The summed E-state index contributed by atoms with van der Waals surface area (Å²) in [7, 11) is -9.24. The summed E-state index contributed by atoms with van der Waals surface area (Å²) in [6, 6.07) is 20.0. The Balaban J connectivity index is 1.85. The molecule has 0 fully saturated rings. The third-order valence-electron chi connectivity index (χ3n) is 5.52. The highest BCUT2D eigenvalue weighted by molar-refractivity contribution is 14.1. The molecular formula is C24H12I3O6S2-. The van der Waals surface area contributed by atoms with Gasteiger partial charge in [0.2, 0.25) is 0 Å². The Morgan fingerprint density at radius 2 is 0.943 bits per heavy atom. The zero-order chi connectivity index (χ0) is 25.1. The first-order valence-electron chi connectivity index (χ1n) is 9.91. The summed E-state index contributed by atoms with van der Waals surface area (Å²) in [5, 5.41) is 2.34. The molecule has 0 aliphatic rings. The van der Waals surface area contributed by atoms with E-state index in [2.05, 4.69) is 22.6 Å². The third kappa shape index (κ3) is 4.31. The Morgan fingerprint density at radius 1 is 0.543 bits per heavy atom. The molecule has 0 spiro atoms. The molecule has 5 aromatic rings. The lowest BCUT2D eigenvalue weighted by Gasteiger charge is -2.19. The van der Waals surface area contributed by atoms with Crippen molar-refractivity contribution in [3.8, 4) is 5.75 Å². The summed E-state index contributed by atoms with van der Waals surface area (Å²) >= 11 is 6.14. The van der Waals surface area contributed by atoms with Crippen LogP contribution < -0.4 is 4.18 Å². The van der Waals surface area contributed by atoms with Crippen LogP contribution in [0.4, 0.5) is 0 Å². The van der Waals surface area contributed by atoms with Crippen LogP contribution in [0, 0.1) is 10.7 Å². The quantitative estimate of drug-likeness (QED) is 0.0663. The first-order chi connectivity index (χ1) is 16.5. The molecule has 0 unspecified atom stereocenters. The number of rotatable bonds is 4. The highest BCUT2D eigenvalue weighted by Gasteiger charge is 2.30. The second kappa shape index (κ2) is 9.24. The molecule has 0 saturated carbocycles. The van der Waals surface area contributed by atoms with E-state index in [9.17, 15) is 21.4 Å². The van der Waals surface area contributed by atoms with Crippen molar-refractivity contribution < 1.29 is 25.6 Å². The van der Waals surface area contributed by atoms with Gasteiger partial charge in [-0.05, 0) is 78.5 Å². The average Bonchev–Trinajstić information content (AvgIpc) is 2.81. The van der Waals surface area contributed by atoms with E-state index in [-0.39, 0.29) is 32.2 Å². The molecule has 0 atom stereocenters. The second-order valence-corrected chi connectivity index (χ2v) is 13.6. The summed E-state index contributed by atoms with van der Waals surface area (Å²) in [5.41, 5.74) is 0. The maximum atomic E-state index is 13.8. The molecule has 0 heterocycles. The Hall–Kier alpha value is -1.27. The van der Waals surface area contributed by atoms with Crippen molar-refractivity contribution in [2.45, 2.75) is 9.79 Å². The lowest BCUT2D eigenvalue weighted by atomic mass is 10.0. The highest BCUT2D eigenvalue weighted by atomic mass is 127. The predicted molar refractivity (Wildman–Crippen MR) is 159 cm³/mol. The number of hydrogen-bond donors (Lipinski definition) is 0. The molecule has 178 valence electrons. The van der Waals surface area contributed by atoms with Gasteiger partial charge in [-0.3, -0.25) is 0 Å². The van der Waals surface area contributed by atoms with Crippen molar-refractivity contribution in [1.82, 2.24) is 0 Å². The number of benzene rings is 5. The van der Waals surface area contributed by atoms with Gasteiger partial charge in [-0.2, -0.15) is 8.42 Å². The minimum atomic E-state index is -4.87. The van der Waals surface area contributed by atoms with Crippen LogP contribution >= 0.6 is 67.8 Å². The van der Waals surface area contributed by atoms with Gasteiger partial charge in [-0.1, -0.05) is 72.8 Å². The Morgan fingerprint density at radius 3 is 1.40 bits per heavy atom. The zero-order valence-electron chi connectivity index (χ0n) is 17.3. The lowest BCUT2D eigenvalue weighted by Crippen LogP contribution is -2.15. The van der Waals surface area contributed by atoms with E-state index in [4.69, 9.17) is 4.18 Å². The van der Waals surface area contributed by atoms with Gasteiger partial charge in [-0.15, -0.1) is 0 Å². The van der Waals surface area contributed by atoms with Gasteiger partial charge in [0.1, 0.15) is 15.0 Å². The molecule has 0 N–H and O–H groups in total. The molecule has 0 radical (unpaired) electrons. The topological polar surface area (TPSA) is 101 Å². The van der Waals surface area contributed by atoms with Gasteiger partial charge in [0.05, 0.1) is 8.47 Å². The largest absolute Gasteiger partial charge is 0.744 e. The first kappa shape index (κ1) is 25.4. The van der Waals surface area contributed by atoms with Crippen LogP contribution in [0.3, 0.4) is 0 Å².